The summed E-state index contributed by atoms with van der Waals surface area (Å²) in [4.78, 5) is 28.6. The lowest BCUT2D eigenvalue weighted by Gasteiger charge is -2.19. The van der Waals surface area contributed by atoms with E-state index >= 15 is 0 Å². The molecule has 2 N–H and O–H groups in total. The molecule has 0 saturated carbocycles. The molecule has 1 aliphatic rings. The Morgan fingerprint density at radius 1 is 1.58 bits per heavy atom. The van der Waals surface area contributed by atoms with E-state index in [1.54, 1.807) is 0 Å². The number of amides is 1. The molecule has 2 rings (SSSR count). The zero-order valence-electron chi connectivity index (χ0n) is 10.8. The van der Waals surface area contributed by atoms with Gasteiger partial charge in [0.25, 0.3) is 5.91 Å². The van der Waals surface area contributed by atoms with Crippen molar-refractivity contribution in [3.05, 3.63) is 29.6 Å². The summed E-state index contributed by atoms with van der Waals surface area (Å²) in [7, 11) is 2.04. The highest BCUT2D eigenvalue weighted by molar-refractivity contribution is 5.96. The fourth-order valence-electron chi connectivity index (χ4n) is 2.24. The molecule has 6 heteroatoms. The Morgan fingerprint density at radius 2 is 2.37 bits per heavy atom. The molecule has 1 aromatic heterocycles. The van der Waals surface area contributed by atoms with E-state index in [0.29, 0.717) is 18.2 Å². The van der Waals surface area contributed by atoms with Crippen LogP contribution in [0, 0.1) is 0 Å². The maximum Gasteiger partial charge on any atom is 0.354 e. The van der Waals surface area contributed by atoms with Crippen molar-refractivity contribution in [2.24, 2.45) is 0 Å². The van der Waals surface area contributed by atoms with E-state index < -0.39 is 5.97 Å². The fraction of sp³-hybridized carbons (Fsp3) is 0.462. The van der Waals surface area contributed by atoms with E-state index in [9.17, 15) is 9.59 Å². The van der Waals surface area contributed by atoms with Gasteiger partial charge in [-0.3, -0.25) is 4.79 Å². The van der Waals surface area contributed by atoms with Crippen LogP contribution in [0.1, 0.15) is 33.7 Å². The van der Waals surface area contributed by atoms with Gasteiger partial charge in [-0.15, -0.1) is 0 Å². The predicted octanol–water partition coefficient (Wildman–Crippen LogP) is 0.604. The Kier molecular flexibility index (Phi) is 4.11. The zero-order valence-corrected chi connectivity index (χ0v) is 10.8. The van der Waals surface area contributed by atoms with Crippen molar-refractivity contribution in [1.82, 2.24) is 15.2 Å². The van der Waals surface area contributed by atoms with E-state index in [0.717, 1.165) is 19.4 Å². The summed E-state index contributed by atoms with van der Waals surface area (Å²) >= 11 is 0. The third-order valence-corrected chi connectivity index (χ3v) is 3.41. The van der Waals surface area contributed by atoms with Gasteiger partial charge >= 0.3 is 5.97 Å². The number of aromatic nitrogens is 1. The van der Waals surface area contributed by atoms with Crippen LogP contribution in [0.25, 0.3) is 0 Å². The number of carboxylic acid groups (broad SMARTS) is 1. The summed E-state index contributed by atoms with van der Waals surface area (Å²) in [6, 6.07) is 3.17. The second kappa shape index (κ2) is 5.79. The average Bonchev–Trinajstić information content (AvgIpc) is 2.81. The topological polar surface area (TPSA) is 82.5 Å². The molecule has 2 heterocycles. The van der Waals surface area contributed by atoms with Crippen LogP contribution in [-0.2, 0) is 0 Å². The summed E-state index contributed by atoms with van der Waals surface area (Å²) in [5, 5.41) is 11.7. The Morgan fingerprint density at radius 3 is 3.00 bits per heavy atom. The van der Waals surface area contributed by atoms with E-state index in [2.05, 4.69) is 15.2 Å². The number of carbonyl (C=O) groups is 2. The quantitative estimate of drug-likeness (QED) is 0.831. The van der Waals surface area contributed by atoms with Crippen LogP contribution in [0.4, 0.5) is 0 Å². The monoisotopic (exact) mass is 263 g/mol. The molecule has 19 heavy (non-hydrogen) atoms. The minimum absolute atomic E-state index is 0.120. The number of hydrogen-bond acceptors (Lipinski definition) is 4. The third kappa shape index (κ3) is 3.29. The van der Waals surface area contributed by atoms with Gasteiger partial charge in [0, 0.05) is 24.3 Å². The summed E-state index contributed by atoms with van der Waals surface area (Å²) in [5.74, 6) is -1.39. The normalized spacial score (nSPS) is 19.3. The molecule has 0 bridgehead atoms. The van der Waals surface area contributed by atoms with Gasteiger partial charge in [0.1, 0.15) is 5.69 Å². The van der Waals surface area contributed by atoms with E-state index in [1.807, 2.05) is 7.05 Å². The second-order valence-corrected chi connectivity index (χ2v) is 4.72. The molecule has 0 spiro atoms. The average molecular weight is 263 g/mol. The molecule has 0 radical (unpaired) electrons. The second-order valence-electron chi connectivity index (χ2n) is 4.72. The summed E-state index contributed by atoms with van der Waals surface area (Å²) in [5.41, 5.74) is 0.207. The number of nitrogens with one attached hydrogen (secondary N) is 1. The Balaban J connectivity index is 1.96. The standard InChI is InChI=1S/C13H17N3O3/c1-16-6-2-3-10(16)8-15-12(17)9-4-5-14-11(7-9)13(18)19/h4-5,7,10H,2-3,6,8H2,1H3,(H,15,17)(H,18,19). The van der Waals surface area contributed by atoms with Crippen molar-refractivity contribution in [3.63, 3.8) is 0 Å². The fourth-order valence-corrected chi connectivity index (χ4v) is 2.24. The number of likely N-dealkylation sites (tertiary alicyclic amines) is 1. The number of hydrogen-bond donors (Lipinski definition) is 2. The van der Waals surface area contributed by atoms with Gasteiger partial charge < -0.3 is 15.3 Å². The molecule has 1 fully saturated rings. The summed E-state index contributed by atoms with van der Waals surface area (Å²) < 4.78 is 0. The van der Waals surface area contributed by atoms with Crippen LogP contribution in [0.5, 0.6) is 0 Å². The number of rotatable bonds is 4. The molecule has 0 aliphatic carbocycles. The first-order valence-corrected chi connectivity index (χ1v) is 6.25. The van der Waals surface area contributed by atoms with Crippen molar-refractivity contribution in [2.45, 2.75) is 18.9 Å². The molecular weight excluding hydrogens is 246 g/mol. The first kappa shape index (κ1) is 13.5. The lowest BCUT2D eigenvalue weighted by molar-refractivity contribution is 0.0690. The minimum atomic E-state index is -1.13. The first-order valence-electron chi connectivity index (χ1n) is 6.25. The highest BCUT2D eigenvalue weighted by Crippen LogP contribution is 2.13. The zero-order chi connectivity index (χ0) is 13.8. The number of pyridine rings is 1. The summed E-state index contributed by atoms with van der Waals surface area (Å²) in [6.07, 6.45) is 3.56. The minimum Gasteiger partial charge on any atom is -0.477 e. The number of carbonyl (C=O) groups excluding carboxylic acids is 1. The lowest BCUT2D eigenvalue weighted by atomic mass is 10.2. The Bertz CT molecular complexity index is 490. The predicted molar refractivity (Wildman–Crippen MR) is 69.2 cm³/mol. The van der Waals surface area contributed by atoms with E-state index in [1.165, 1.54) is 18.3 Å². The Hall–Kier alpha value is -1.95. The van der Waals surface area contributed by atoms with Crippen LogP contribution in [-0.4, -0.2) is 53.0 Å². The number of likely N-dealkylation sites (N-methyl/N-ethyl adjacent to an activating group) is 1. The molecule has 1 aliphatic heterocycles. The van der Waals surface area contributed by atoms with Gasteiger partial charge in [-0.25, -0.2) is 9.78 Å². The Labute approximate surface area is 111 Å². The van der Waals surface area contributed by atoms with Gasteiger partial charge in [0.15, 0.2) is 0 Å². The van der Waals surface area contributed by atoms with Crippen LogP contribution in [0.15, 0.2) is 18.3 Å². The van der Waals surface area contributed by atoms with Gasteiger partial charge in [0.2, 0.25) is 0 Å². The number of nitrogens with zero attached hydrogens (tertiary/aromatic N) is 2. The van der Waals surface area contributed by atoms with E-state index in [-0.39, 0.29) is 11.6 Å². The van der Waals surface area contributed by atoms with Crippen LogP contribution >= 0.6 is 0 Å². The van der Waals surface area contributed by atoms with Crippen molar-refractivity contribution in [2.75, 3.05) is 20.1 Å². The van der Waals surface area contributed by atoms with Gasteiger partial charge in [0.05, 0.1) is 0 Å². The molecule has 1 unspecified atom stereocenters. The third-order valence-electron chi connectivity index (χ3n) is 3.41. The van der Waals surface area contributed by atoms with Gasteiger partial charge in [-0.05, 0) is 38.6 Å². The molecule has 0 aromatic carbocycles. The number of aromatic carboxylic acids is 1. The van der Waals surface area contributed by atoms with Gasteiger partial charge in [-0.2, -0.15) is 0 Å². The van der Waals surface area contributed by atoms with Crippen molar-refractivity contribution < 1.29 is 14.7 Å². The first-order chi connectivity index (χ1) is 9.08. The molecule has 1 atom stereocenters. The smallest absolute Gasteiger partial charge is 0.354 e. The lowest BCUT2D eigenvalue weighted by Crippen LogP contribution is -2.38. The summed E-state index contributed by atoms with van der Waals surface area (Å²) in [6.45, 7) is 1.64. The number of carboxylic acids is 1. The van der Waals surface area contributed by atoms with Crippen LogP contribution < -0.4 is 5.32 Å². The van der Waals surface area contributed by atoms with Crippen molar-refractivity contribution in [3.8, 4) is 0 Å². The van der Waals surface area contributed by atoms with Crippen LogP contribution in [0.2, 0.25) is 0 Å². The van der Waals surface area contributed by atoms with Crippen molar-refractivity contribution in [1.29, 1.82) is 0 Å². The largest absolute Gasteiger partial charge is 0.477 e. The molecular formula is C13H17N3O3. The van der Waals surface area contributed by atoms with Crippen LogP contribution in [0.3, 0.4) is 0 Å². The van der Waals surface area contributed by atoms with Gasteiger partial charge in [-0.1, -0.05) is 0 Å². The molecule has 1 saturated heterocycles. The molecule has 102 valence electrons. The SMILES string of the molecule is CN1CCCC1CNC(=O)c1ccnc(C(=O)O)c1. The highest BCUT2D eigenvalue weighted by Gasteiger charge is 2.21. The van der Waals surface area contributed by atoms with E-state index in [4.69, 9.17) is 5.11 Å². The molecule has 6 nitrogen and oxygen atoms in total. The van der Waals surface area contributed by atoms with Crippen molar-refractivity contribution >= 4 is 11.9 Å². The maximum absolute atomic E-state index is 11.9. The molecule has 1 amide bonds. The molecule has 1 aromatic rings. The maximum atomic E-state index is 11.9. The highest BCUT2D eigenvalue weighted by atomic mass is 16.4.